The highest BCUT2D eigenvalue weighted by atomic mass is 79.9. The van der Waals surface area contributed by atoms with Gasteiger partial charge in [0.05, 0.1) is 0 Å². The van der Waals surface area contributed by atoms with Crippen molar-refractivity contribution in [2.24, 2.45) is 0 Å². The van der Waals surface area contributed by atoms with Crippen LogP contribution in [0.25, 0.3) is 0 Å². The molecule has 0 aliphatic carbocycles. The van der Waals surface area contributed by atoms with Gasteiger partial charge < -0.3 is 10.2 Å². The fourth-order valence-electron chi connectivity index (χ4n) is 1.98. The van der Waals surface area contributed by atoms with E-state index in [2.05, 4.69) is 33.2 Å². The molecule has 0 bridgehead atoms. The van der Waals surface area contributed by atoms with Crippen molar-refractivity contribution < 1.29 is 4.79 Å². The third-order valence-corrected chi connectivity index (χ3v) is 3.63. The molecular weight excluding hydrogens is 318 g/mol. The lowest BCUT2D eigenvalue weighted by Crippen LogP contribution is -2.56. The van der Waals surface area contributed by atoms with Gasteiger partial charge >= 0.3 is 0 Å². The van der Waals surface area contributed by atoms with Gasteiger partial charge in [-0.05, 0) is 41.9 Å². The van der Waals surface area contributed by atoms with Crippen LogP contribution in [-0.2, 0) is 0 Å². The Hall–Kier alpha value is -0.650. The maximum atomic E-state index is 12.4. The topological polar surface area (TPSA) is 45.2 Å². The maximum absolute atomic E-state index is 12.4. The van der Waals surface area contributed by atoms with Crippen LogP contribution in [0.2, 0.25) is 0 Å². The standard InChI is InChI=1S/C12H16BrN3O.ClH/c1-8-7-16(9(2)6-15-8)12(17)11-10(13)4-3-5-14-11;/h3-5,8-9,15H,6-7H2,1-2H3;1H. The van der Waals surface area contributed by atoms with Crippen LogP contribution in [0.3, 0.4) is 0 Å². The van der Waals surface area contributed by atoms with E-state index in [1.54, 1.807) is 6.20 Å². The first kappa shape index (κ1) is 15.4. The van der Waals surface area contributed by atoms with Crippen molar-refractivity contribution in [1.29, 1.82) is 0 Å². The van der Waals surface area contributed by atoms with Gasteiger partial charge in [-0.25, -0.2) is 4.98 Å². The molecule has 0 radical (unpaired) electrons. The summed E-state index contributed by atoms with van der Waals surface area (Å²) in [5, 5.41) is 3.36. The molecule has 18 heavy (non-hydrogen) atoms. The van der Waals surface area contributed by atoms with Gasteiger partial charge in [-0.2, -0.15) is 0 Å². The summed E-state index contributed by atoms with van der Waals surface area (Å²) < 4.78 is 0.753. The predicted molar refractivity (Wildman–Crippen MR) is 77.1 cm³/mol. The van der Waals surface area contributed by atoms with Crippen LogP contribution in [0.5, 0.6) is 0 Å². The molecule has 1 aromatic rings. The minimum absolute atomic E-state index is 0. The second kappa shape index (κ2) is 6.50. The average molecular weight is 335 g/mol. The lowest BCUT2D eigenvalue weighted by Gasteiger charge is -2.37. The molecule has 1 amide bonds. The molecule has 1 fully saturated rings. The van der Waals surface area contributed by atoms with Gasteiger partial charge in [0.15, 0.2) is 0 Å². The van der Waals surface area contributed by atoms with Crippen molar-refractivity contribution in [2.75, 3.05) is 13.1 Å². The van der Waals surface area contributed by atoms with Crippen LogP contribution >= 0.6 is 28.3 Å². The van der Waals surface area contributed by atoms with Crippen molar-refractivity contribution in [3.8, 4) is 0 Å². The number of nitrogens with zero attached hydrogens (tertiary/aromatic N) is 2. The summed E-state index contributed by atoms with van der Waals surface area (Å²) in [6, 6.07) is 4.19. The number of aromatic nitrogens is 1. The summed E-state index contributed by atoms with van der Waals surface area (Å²) in [6.45, 7) is 5.69. The summed E-state index contributed by atoms with van der Waals surface area (Å²) in [4.78, 5) is 18.4. The lowest BCUT2D eigenvalue weighted by atomic mass is 10.1. The van der Waals surface area contributed by atoms with E-state index in [-0.39, 0.29) is 24.4 Å². The first-order chi connectivity index (χ1) is 8.09. The Balaban J connectivity index is 0.00000162. The molecule has 1 aliphatic heterocycles. The smallest absolute Gasteiger partial charge is 0.273 e. The molecule has 100 valence electrons. The number of hydrogen-bond donors (Lipinski definition) is 1. The van der Waals surface area contributed by atoms with Gasteiger partial charge in [0, 0.05) is 35.8 Å². The van der Waals surface area contributed by atoms with Crippen molar-refractivity contribution in [3.63, 3.8) is 0 Å². The van der Waals surface area contributed by atoms with Crippen molar-refractivity contribution in [3.05, 3.63) is 28.5 Å². The van der Waals surface area contributed by atoms with Crippen LogP contribution < -0.4 is 5.32 Å². The zero-order valence-electron chi connectivity index (χ0n) is 10.4. The number of nitrogens with one attached hydrogen (secondary N) is 1. The Labute approximate surface area is 122 Å². The number of amides is 1. The Morgan fingerprint density at radius 1 is 1.56 bits per heavy atom. The van der Waals surface area contributed by atoms with Crippen LogP contribution in [0, 0.1) is 0 Å². The molecule has 2 rings (SSSR count). The van der Waals surface area contributed by atoms with E-state index in [1.165, 1.54) is 0 Å². The Morgan fingerprint density at radius 3 is 2.94 bits per heavy atom. The van der Waals surface area contributed by atoms with Crippen molar-refractivity contribution in [1.82, 2.24) is 15.2 Å². The molecule has 0 spiro atoms. The monoisotopic (exact) mass is 333 g/mol. The number of pyridine rings is 1. The van der Waals surface area contributed by atoms with Gasteiger partial charge in [-0.3, -0.25) is 4.79 Å². The molecular formula is C12H17BrClN3O. The minimum Gasteiger partial charge on any atom is -0.332 e. The molecule has 4 nitrogen and oxygen atoms in total. The van der Waals surface area contributed by atoms with Crippen molar-refractivity contribution in [2.45, 2.75) is 25.9 Å². The van der Waals surface area contributed by atoms with E-state index in [4.69, 9.17) is 0 Å². The second-order valence-corrected chi connectivity index (χ2v) is 5.30. The number of rotatable bonds is 1. The fourth-order valence-corrected chi connectivity index (χ4v) is 2.41. The molecule has 0 saturated carbocycles. The quantitative estimate of drug-likeness (QED) is 0.855. The molecule has 2 heterocycles. The molecule has 1 saturated heterocycles. The van der Waals surface area contributed by atoms with E-state index >= 15 is 0 Å². The van der Waals surface area contributed by atoms with Crippen molar-refractivity contribution >= 4 is 34.2 Å². The zero-order chi connectivity index (χ0) is 12.4. The molecule has 2 atom stereocenters. The maximum Gasteiger partial charge on any atom is 0.273 e. The summed E-state index contributed by atoms with van der Waals surface area (Å²) in [5.74, 6) is -0.00155. The zero-order valence-corrected chi connectivity index (χ0v) is 12.8. The number of carbonyl (C=O) groups excluding carboxylic acids is 1. The molecule has 2 unspecified atom stereocenters. The molecule has 6 heteroatoms. The van der Waals surface area contributed by atoms with Gasteiger partial charge in [-0.15, -0.1) is 12.4 Å². The Kier molecular flexibility index (Phi) is 5.56. The molecule has 1 aliphatic rings. The summed E-state index contributed by atoms with van der Waals surface area (Å²) in [5.41, 5.74) is 0.494. The normalized spacial score (nSPS) is 23.4. The van der Waals surface area contributed by atoms with Crippen LogP contribution in [0.4, 0.5) is 0 Å². The minimum atomic E-state index is -0.00155. The largest absolute Gasteiger partial charge is 0.332 e. The Morgan fingerprint density at radius 2 is 2.28 bits per heavy atom. The molecule has 1 N–H and O–H groups in total. The van der Waals surface area contributed by atoms with E-state index in [0.29, 0.717) is 11.7 Å². The highest BCUT2D eigenvalue weighted by Gasteiger charge is 2.28. The number of hydrogen-bond acceptors (Lipinski definition) is 3. The van der Waals surface area contributed by atoms with E-state index in [0.717, 1.165) is 17.6 Å². The third-order valence-electron chi connectivity index (χ3n) is 2.99. The highest BCUT2D eigenvalue weighted by Crippen LogP contribution is 2.18. The van der Waals surface area contributed by atoms with Crippen LogP contribution in [-0.4, -0.2) is 41.0 Å². The summed E-state index contributed by atoms with van der Waals surface area (Å²) >= 11 is 3.37. The van der Waals surface area contributed by atoms with Gasteiger partial charge in [0.1, 0.15) is 5.69 Å². The number of piperazine rings is 1. The molecule has 1 aromatic heterocycles. The molecule has 0 aromatic carbocycles. The van der Waals surface area contributed by atoms with Crippen LogP contribution in [0.1, 0.15) is 24.3 Å². The van der Waals surface area contributed by atoms with Crippen LogP contribution in [0.15, 0.2) is 22.8 Å². The highest BCUT2D eigenvalue weighted by molar-refractivity contribution is 9.10. The number of halogens is 2. The second-order valence-electron chi connectivity index (χ2n) is 4.45. The first-order valence-electron chi connectivity index (χ1n) is 5.74. The SMILES string of the molecule is CC1CN(C(=O)c2ncccc2Br)C(C)CN1.Cl. The van der Waals surface area contributed by atoms with E-state index < -0.39 is 0 Å². The van der Waals surface area contributed by atoms with Gasteiger partial charge in [0.25, 0.3) is 5.91 Å². The van der Waals surface area contributed by atoms with E-state index in [9.17, 15) is 4.79 Å². The number of carbonyl (C=O) groups is 1. The summed E-state index contributed by atoms with van der Waals surface area (Å²) in [6.07, 6.45) is 1.65. The summed E-state index contributed by atoms with van der Waals surface area (Å²) in [7, 11) is 0. The van der Waals surface area contributed by atoms with Gasteiger partial charge in [-0.1, -0.05) is 0 Å². The Bertz CT molecular complexity index is 430. The third kappa shape index (κ3) is 3.22. The van der Waals surface area contributed by atoms with Gasteiger partial charge in [0.2, 0.25) is 0 Å². The first-order valence-corrected chi connectivity index (χ1v) is 6.53. The average Bonchev–Trinajstić information content (AvgIpc) is 2.32. The fraction of sp³-hybridized carbons (Fsp3) is 0.500. The lowest BCUT2D eigenvalue weighted by molar-refractivity contribution is 0.0609. The van der Waals surface area contributed by atoms with E-state index in [1.807, 2.05) is 24.0 Å². The predicted octanol–water partition coefficient (Wildman–Crippen LogP) is 2.09.